The van der Waals surface area contributed by atoms with E-state index in [9.17, 15) is 5.11 Å². The van der Waals surface area contributed by atoms with Crippen LogP contribution in [0.2, 0.25) is 0 Å². The van der Waals surface area contributed by atoms with E-state index in [1.165, 1.54) is 0 Å². The summed E-state index contributed by atoms with van der Waals surface area (Å²) in [5, 5.41) is 16.6. The van der Waals surface area contributed by atoms with E-state index in [-0.39, 0.29) is 12.0 Å². The van der Waals surface area contributed by atoms with Gasteiger partial charge in [0.05, 0.1) is 6.10 Å². The molecule has 0 fully saturated rings. The number of hydrogen-bond donors (Lipinski definition) is 2. The lowest BCUT2D eigenvalue weighted by Crippen LogP contribution is -2.19. The minimum atomic E-state index is -0.312. The van der Waals surface area contributed by atoms with Crippen LogP contribution in [0.4, 0.5) is 5.95 Å². The van der Waals surface area contributed by atoms with Gasteiger partial charge in [0.1, 0.15) is 0 Å². The van der Waals surface area contributed by atoms with Gasteiger partial charge in [-0.25, -0.2) is 0 Å². The number of anilines is 1. The third-order valence-corrected chi connectivity index (χ3v) is 2.94. The van der Waals surface area contributed by atoms with Crippen molar-refractivity contribution in [3.63, 3.8) is 0 Å². The molecule has 0 bridgehead atoms. The van der Waals surface area contributed by atoms with Gasteiger partial charge in [-0.1, -0.05) is 32.0 Å². The second-order valence-corrected chi connectivity index (χ2v) is 4.82. The first-order valence-electron chi connectivity index (χ1n) is 6.48. The number of aromatic nitrogens is 2. The molecule has 0 aliphatic carbocycles. The quantitative estimate of drug-likeness (QED) is 0.836. The molecule has 0 saturated carbocycles. The van der Waals surface area contributed by atoms with Crippen LogP contribution in [0.25, 0.3) is 11.5 Å². The maximum absolute atomic E-state index is 9.68. The first kappa shape index (κ1) is 13.5. The Hall–Kier alpha value is -1.88. The summed E-state index contributed by atoms with van der Waals surface area (Å²) in [7, 11) is 0. The Morgan fingerprint density at radius 3 is 2.68 bits per heavy atom. The Balaban J connectivity index is 1.88. The zero-order valence-corrected chi connectivity index (χ0v) is 11.2. The fraction of sp³-hybridized carbons (Fsp3) is 0.429. The van der Waals surface area contributed by atoms with Crippen molar-refractivity contribution < 1.29 is 9.63 Å². The van der Waals surface area contributed by atoms with E-state index in [0.717, 1.165) is 5.56 Å². The Labute approximate surface area is 112 Å². The lowest BCUT2D eigenvalue weighted by molar-refractivity contribution is 0.120. The lowest BCUT2D eigenvalue weighted by Gasteiger charge is -2.13. The van der Waals surface area contributed by atoms with Crippen molar-refractivity contribution in [1.29, 1.82) is 0 Å². The Morgan fingerprint density at radius 2 is 2.00 bits per heavy atom. The van der Waals surface area contributed by atoms with E-state index in [2.05, 4.69) is 15.5 Å². The van der Waals surface area contributed by atoms with Crippen molar-refractivity contribution in [3.05, 3.63) is 30.3 Å². The first-order valence-corrected chi connectivity index (χ1v) is 6.48. The highest BCUT2D eigenvalue weighted by atomic mass is 16.5. The zero-order valence-electron chi connectivity index (χ0n) is 11.2. The minimum absolute atomic E-state index is 0.256. The molecule has 1 atom stereocenters. The summed E-state index contributed by atoms with van der Waals surface area (Å²) in [5.74, 6) is 1.20. The fourth-order valence-electron chi connectivity index (χ4n) is 1.66. The van der Waals surface area contributed by atoms with Gasteiger partial charge in [0.15, 0.2) is 0 Å². The van der Waals surface area contributed by atoms with Gasteiger partial charge in [-0.05, 0) is 29.6 Å². The van der Waals surface area contributed by atoms with Crippen molar-refractivity contribution in [1.82, 2.24) is 10.1 Å². The van der Waals surface area contributed by atoms with Gasteiger partial charge in [-0.15, -0.1) is 0 Å². The molecule has 0 radical (unpaired) electrons. The van der Waals surface area contributed by atoms with Crippen LogP contribution < -0.4 is 5.32 Å². The Bertz CT molecular complexity index is 496. The molecular formula is C14H19N3O2. The fourth-order valence-corrected chi connectivity index (χ4v) is 1.66. The zero-order chi connectivity index (χ0) is 13.7. The predicted octanol–water partition coefficient (Wildman–Crippen LogP) is 2.56. The highest BCUT2D eigenvalue weighted by Gasteiger charge is 2.10. The van der Waals surface area contributed by atoms with Gasteiger partial charge in [0.25, 0.3) is 11.8 Å². The Kier molecular flexibility index (Phi) is 4.52. The minimum Gasteiger partial charge on any atom is -0.393 e. The molecule has 0 saturated heterocycles. The van der Waals surface area contributed by atoms with Gasteiger partial charge >= 0.3 is 0 Å². The van der Waals surface area contributed by atoms with Gasteiger partial charge < -0.3 is 14.9 Å². The van der Waals surface area contributed by atoms with E-state index in [0.29, 0.717) is 24.8 Å². The summed E-state index contributed by atoms with van der Waals surface area (Å²) in [4.78, 5) is 4.25. The second-order valence-electron chi connectivity index (χ2n) is 4.82. The normalized spacial score (nSPS) is 12.6. The van der Waals surface area contributed by atoms with Crippen molar-refractivity contribution in [3.8, 4) is 11.5 Å². The van der Waals surface area contributed by atoms with Crippen LogP contribution >= 0.6 is 0 Å². The summed E-state index contributed by atoms with van der Waals surface area (Å²) in [5.41, 5.74) is 0.894. The van der Waals surface area contributed by atoms with Gasteiger partial charge in [-0.2, -0.15) is 4.98 Å². The molecule has 5 heteroatoms. The average Bonchev–Trinajstić information content (AvgIpc) is 2.88. The number of aliphatic hydroxyl groups excluding tert-OH is 1. The standard InChI is InChI=1S/C14H19N3O2/c1-10(2)12(18)8-9-15-14-16-13(19-17-14)11-6-4-3-5-7-11/h3-7,10,12,18H,8-9H2,1-2H3,(H,15,17). The molecule has 1 heterocycles. The van der Waals surface area contributed by atoms with Gasteiger partial charge in [-0.3, -0.25) is 0 Å². The van der Waals surface area contributed by atoms with Crippen molar-refractivity contribution >= 4 is 5.95 Å². The number of nitrogens with zero attached hydrogens (tertiary/aromatic N) is 2. The molecule has 2 rings (SSSR count). The van der Waals surface area contributed by atoms with E-state index >= 15 is 0 Å². The third kappa shape index (κ3) is 3.79. The van der Waals surface area contributed by atoms with Crippen molar-refractivity contribution in [2.75, 3.05) is 11.9 Å². The van der Waals surface area contributed by atoms with E-state index in [4.69, 9.17) is 4.52 Å². The molecule has 2 N–H and O–H groups in total. The molecule has 19 heavy (non-hydrogen) atoms. The summed E-state index contributed by atoms with van der Waals surface area (Å²) in [6.45, 7) is 4.60. The maximum atomic E-state index is 9.68. The molecular weight excluding hydrogens is 242 g/mol. The molecule has 1 unspecified atom stereocenters. The van der Waals surface area contributed by atoms with Gasteiger partial charge in [0, 0.05) is 12.1 Å². The predicted molar refractivity (Wildman–Crippen MR) is 73.7 cm³/mol. The second kappa shape index (κ2) is 6.33. The van der Waals surface area contributed by atoms with Crippen LogP contribution in [0.5, 0.6) is 0 Å². The molecule has 0 amide bonds. The smallest absolute Gasteiger partial charge is 0.263 e. The summed E-state index contributed by atoms with van der Waals surface area (Å²) < 4.78 is 5.17. The largest absolute Gasteiger partial charge is 0.393 e. The number of aliphatic hydroxyl groups is 1. The van der Waals surface area contributed by atoms with Crippen LogP contribution in [0, 0.1) is 5.92 Å². The first-order chi connectivity index (χ1) is 9.16. The summed E-state index contributed by atoms with van der Waals surface area (Å²) in [6, 6.07) is 9.61. The maximum Gasteiger partial charge on any atom is 0.263 e. The van der Waals surface area contributed by atoms with Crippen LogP contribution in [-0.2, 0) is 0 Å². The topological polar surface area (TPSA) is 71.2 Å². The SMILES string of the molecule is CC(C)C(O)CCNc1noc(-c2ccccc2)n1. The average molecular weight is 261 g/mol. The van der Waals surface area contributed by atoms with Crippen LogP contribution in [-0.4, -0.2) is 27.9 Å². The van der Waals surface area contributed by atoms with Crippen LogP contribution in [0.15, 0.2) is 34.9 Å². The molecule has 5 nitrogen and oxygen atoms in total. The van der Waals surface area contributed by atoms with Crippen molar-refractivity contribution in [2.24, 2.45) is 5.92 Å². The molecule has 0 aliphatic rings. The van der Waals surface area contributed by atoms with E-state index in [1.807, 2.05) is 44.2 Å². The highest BCUT2D eigenvalue weighted by Crippen LogP contribution is 2.17. The van der Waals surface area contributed by atoms with E-state index in [1.54, 1.807) is 0 Å². The number of rotatable bonds is 6. The molecule has 1 aromatic heterocycles. The van der Waals surface area contributed by atoms with Crippen LogP contribution in [0.1, 0.15) is 20.3 Å². The molecule has 0 aliphatic heterocycles. The third-order valence-electron chi connectivity index (χ3n) is 2.94. The number of benzene rings is 1. The van der Waals surface area contributed by atoms with Crippen molar-refractivity contribution in [2.45, 2.75) is 26.4 Å². The van der Waals surface area contributed by atoms with Crippen LogP contribution in [0.3, 0.4) is 0 Å². The summed E-state index contributed by atoms with van der Waals surface area (Å²) >= 11 is 0. The Morgan fingerprint density at radius 1 is 1.26 bits per heavy atom. The molecule has 2 aromatic rings. The monoisotopic (exact) mass is 261 g/mol. The number of nitrogens with one attached hydrogen (secondary N) is 1. The van der Waals surface area contributed by atoms with Gasteiger partial charge in [0.2, 0.25) is 0 Å². The molecule has 102 valence electrons. The van der Waals surface area contributed by atoms with E-state index < -0.39 is 0 Å². The number of hydrogen-bond acceptors (Lipinski definition) is 5. The molecule has 1 aromatic carbocycles. The molecule has 0 spiro atoms. The highest BCUT2D eigenvalue weighted by molar-refractivity contribution is 5.53. The lowest BCUT2D eigenvalue weighted by atomic mass is 10.0. The summed E-state index contributed by atoms with van der Waals surface area (Å²) in [6.07, 6.45) is 0.348.